The number of carbonyl (C=O) groups is 1. The molecule has 0 radical (unpaired) electrons. The van der Waals surface area contributed by atoms with Gasteiger partial charge in [0.15, 0.2) is 0 Å². The third kappa shape index (κ3) is 3.77. The van der Waals surface area contributed by atoms with E-state index in [1.165, 1.54) is 0 Å². The van der Waals surface area contributed by atoms with Gasteiger partial charge in [-0.15, -0.1) is 0 Å². The first-order chi connectivity index (χ1) is 6.10. The van der Waals surface area contributed by atoms with Gasteiger partial charge in [0.25, 0.3) is 0 Å². The minimum absolute atomic E-state index is 0.258. The molecule has 0 spiro atoms. The van der Waals surface area contributed by atoms with Crippen LogP contribution < -0.4 is 5.73 Å². The smallest absolute Gasteiger partial charge is 0.326 e. The molecule has 0 aliphatic rings. The number of carbonyl (C=O) groups excluding carboxylic acids is 1. The molecule has 78 valence electrons. The molecular weight excluding hydrogens is 166 g/mol. The summed E-state index contributed by atoms with van der Waals surface area (Å²) in [5, 5.41) is 0. The summed E-state index contributed by atoms with van der Waals surface area (Å²) in [5.74, 6) is -0.258. The van der Waals surface area contributed by atoms with Gasteiger partial charge in [-0.3, -0.25) is 4.79 Å². The Morgan fingerprint density at radius 1 is 1.38 bits per heavy atom. The molecule has 0 aromatic carbocycles. The second-order valence-electron chi connectivity index (χ2n) is 3.33. The molecule has 0 fully saturated rings. The largest absolute Gasteiger partial charge is 0.465 e. The fourth-order valence-electron chi connectivity index (χ4n) is 1.19. The molecule has 0 saturated carbocycles. The molecule has 0 aliphatic carbocycles. The van der Waals surface area contributed by atoms with Crippen LogP contribution >= 0.6 is 0 Å². The number of nitrogens with two attached hydrogens (primary N) is 1. The SMILES string of the molecule is CCCC[C@@](N)(CC)C(=O)OCC. The lowest BCUT2D eigenvalue weighted by Gasteiger charge is -2.25. The van der Waals surface area contributed by atoms with Crippen LogP contribution in [0.1, 0.15) is 46.5 Å². The average Bonchev–Trinajstić information content (AvgIpc) is 2.14. The highest BCUT2D eigenvalue weighted by Gasteiger charge is 2.32. The van der Waals surface area contributed by atoms with Gasteiger partial charge in [0.1, 0.15) is 5.54 Å². The van der Waals surface area contributed by atoms with E-state index in [-0.39, 0.29) is 5.97 Å². The normalized spacial score (nSPS) is 15.1. The Kier molecular flexibility index (Phi) is 5.71. The molecule has 2 N–H and O–H groups in total. The maximum Gasteiger partial charge on any atom is 0.326 e. The van der Waals surface area contributed by atoms with Crippen LogP contribution in [0.4, 0.5) is 0 Å². The zero-order chi connectivity index (χ0) is 10.3. The zero-order valence-corrected chi connectivity index (χ0v) is 8.93. The lowest BCUT2D eigenvalue weighted by molar-refractivity contribution is -0.150. The number of hydrogen-bond donors (Lipinski definition) is 1. The molecule has 1 atom stereocenters. The van der Waals surface area contributed by atoms with Crippen molar-refractivity contribution in [2.75, 3.05) is 6.61 Å². The number of hydrogen-bond acceptors (Lipinski definition) is 3. The van der Waals surface area contributed by atoms with E-state index in [0.29, 0.717) is 13.0 Å². The number of esters is 1. The van der Waals surface area contributed by atoms with Gasteiger partial charge in [0, 0.05) is 0 Å². The van der Waals surface area contributed by atoms with Crippen LogP contribution in [0.15, 0.2) is 0 Å². The Bertz CT molecular complexity index is 159. The molecule has 3 nitrogen and oxygen atoms in total. The highest BCUT2D eigenvalue weighted by molar-refractivity contribution is 5.80. The fraction of sp³-hybridized carbons (Fsp3) is 0.900. The van der Waals surface area contributed by atoms with Crippen LogP contribution in [0.25, 0.3) is 0 Å². The van der Waals surface area contributed by atoms with E-state index < -0.39 is 5.54 Å². The van der Waals surface area contributed by atoms with Gasteiger partial charge in [-0.1, -0.05) is 26.7 Å². The Morgan fingerprint density at radius 2 is 2.00 bits per heavy atom. The van der Waals surface area contributed by atoms with Gasteiger partial charge < -0.3 is 10.5 Å². The minimum atomic E-state index is -0.758. The van der Waals surface area contributed by atoms with Gasteiger partial charge in [0.05, 0.1) is 6.61 Å². The molecule has 0 aromatic heterocycles. The first-order valence-electron chi connectivity index (χ1n) is 5.06. The molecule has 0 saturated heterocycles. The number of ether oxygens (including phenoxy) is 1. The van der Waals surface area contributed by atoms with Crippen LogP contribution in [0.5, 0.6) is 0 Å². The van der Waals surface area contributed by atoms with Gasteiger partial charge in [0.2, 0.25) is 0 Å². The zero-order valence-electron chi connectivity index (χ0n) is 8.93. The highest BCUT2D eigenvalue weighted by atomic mass is 16.5. The standard InChI is InChI=1S/C10H21NO2/c1-4-7-8-10(11,5-2)9(12)13-6-3/h4-8,11H2,1-3H3/t10-/m0/s1. The van der Waals surface area contributed by atoms with Crippen molar-refractivity contribution < 1.29 is 9.53 Å². The summed E-state index contributed by atoms with van der Waals surface area (Å²) in [6, 6.07) is 0. The summed E-state index contributed by atoms with van der Waals surface area (Å²) in [6.45, 7) is 6.21. The monoisotopic (exact) mass is 187 g/mol. The second-order valence-corrected chi connectivity index (χ2v) is 3.33. The topological polar surface area (TPSA) is 52.3 Å². The number of rotatable bonds is 6. The molecule has 0 heterocycles. The van der Waals surface area contributed by atoms with E-state index >= 15 is 0 Å². The molecule has 0 rings (SSSR count). The Labute approximate surface area is 80.6 Å². The predicted molar refractivity (Wildman–Crippen MR) is 53.4 cm³/mol. The van der Waals surface area contributed by atoms with E-state index in [9.17, 15) is 4.79 Å². The summed E-state index contributed by atoms with van der Waals surface area (Å²) in [6.07, 6.45) is 3.40. The Hall–Kier alpha value is -0.570. The summed E-state index contributed by atoms with van der Waals surface area (Å²) >= 11 is 0. The van der Waals surface area contributed by atoms with Crippen molar-refractivity contribution in [1.82, 2.24) is 0 Å². The first kappa shape index (κ1) is 12.4. The van der Waals surface area contributed by atoms with Crippen molar-refractivity contribution in [2.45, 2.75) is 52.0 Å². The molecule has 0 bridgehead atoms. The summed E-state index contributed by atoms with van der Waals surface area (Å²) in [7, 11) is 0. The van der Waals surface area contributed by atoms with E-state index in [1.807, 2.05) is 6.92 Å². The third-order valence-corrected chi connectivity index (χ3v) is 2.29. The number of unbranched alkanes of at least 4 members (excludes halogenated alkanes) is 1. The van der Waals surface area contributed by atoms with Gasteiger partial charge >= 0.3 is 5.97 Å². The van der Waals surface area contributed by atoms with Gasteiger partial charge in [-0.2, -0.15) is 0 Å². The molecule has 0 aromatic rings. The highest BCUT2D eigenvalue weighted by Crippen LogP contribution is 2.17. The lowest BCUT2D eigenvalue weighted by atomic mass is 9.91. The van der Waals surface area contributed by atoms with E-state index in [4.69, 9.17) is 10.5 Å². The van der Waals surface area contributed by atoms with Gasteiger partial charge in [-0.25, -0.2) is 0 Å². The molecular formula is C10H21NO2. The summed E-state index contributed by atoms with van der Waals surface area (Å²) < 4.78 is 4.93. The van der Waals surface area contributed by atoms with E-state index in [2.05, 4.69) is 6.92 Å². The summed E-state index contributed by atoms with van der Waals surface area (Å²) in [4.78, 5) is 11.5. The van der Waals surface area contributed by atoms with Crippen molar-refractivity contribution in [1.29, 1.82) is 0 Å². The van der Waals surface area contributed by atoms with Crippen molar-refractivity contribution in [3.05, 3.63) is 0 Å². The second kappa shape index (κ2) is 5.97. The Balaban J connectivity index is 4.16. The van der Waals surface area contributed by atoms with Crippen molar-refractivity contribution >= 4 is 5.97 Å². The quantitative estimate of drug-likeness (QED) is 0.646. The predicted octanol–water partition coefficient (Wildman–Crippen LogP) is 1.85. The van der Waals surface area contributed by atoms with E-state index in [1.54, 1.807) is 6.92 Å². The Morgan fingerprint density at radius 3 is 2.38 bits per heavy atom. The summed E-state index contributed by atoms with van der Waals surface area (Å²) in [5.41, 5.74) is 5.18. The van der Waals surface area contributed by atoms with Crippen LogP contribution in [0, 0.1) is 0 Å². The van der Waals surface area contributed by atoms with Crippen LogP contribution in [0.2, 0.25) is 0 Å². The lowest BCUT2D eigenvalue weighted by Crippen LogP contribution is -2.48. The van der Waals surface area contributed by atoms with Crippen LogP contribution in [-0.4, -0.2) is 18.1 Å². The van der Waals surface area contributed by atoms with Crippen molar-refractivity contribution in [3.8, 4) is 0 Å². The first-order valence-corrected chi connectivity index (χ1v) is 5.06. The molecule has 0 amide bonds. The van der Waals surface area contributed by atoms with E-state index in [0.717, 1.165) is 19.3 Å². The third-order valence-electron chi connectivity index (χ3n) is 2.29. The molecule has 0 unspecified atom stereocenters. The van der Waals surface area contributed by atoms with Gasteiger partial charge in [-0.05, 0) is 19.8 Å². The average molecular weight is 187 g/mol. The van der Waals surface area contributed by atoms with Crippen LogP contribution in [0.3, 0.4) is 0 Å². The van der Waals surface area contributed by atoms with Crippen molar-refractivity contribution in [2.24, 2.45) is 5.73 Å². The van der Waals surface area contributed by atoms with Crippen LogP contribution in [-0.2, 0) is 9.53 Å². The molecule has 0 aliphatic heterocycles. The maximum atomic E-state index is 11.5. The molecule has 3 heteroatoms. The molecule has 13 heavy (non-hydrogen) atoms. The minimum Gasteiger partial charge on any atom is -0.465 e. The maximum absolute atomic E-state index is 11.5. The van der Waals surface area contributed by atoms with Crippen molar-refractivity contribution in [3.63, 3.8) is 0 Å². The fourth-order valence-corrected chi connectivity index (χ4v) is 1.19.